The molecule has 2 rings (SSSR count). The van der Waals surface area contributed by atoms with Crippen LogP contribution in [0.2, 0.25) is 0 Å². The van der Waals surface area contributed by atoms with Gasteiger partial charge in [-0.05, 0) is 30.4 Å². The zero-order valence-corrected chi connectivity index (χ0v) is 10.9. The Bertz CT molecular complexity index is 483. The van der Waals surface area contributed by atoms with Crippen LogP contribution in [0.5, 0.6) is 0 Å². The summed E-state index contributed by atoms with van der Waals surface area (Å²) in [6.45, 7) is 7.63. The third-order valence-electron chi connectivity index (χ3n) is 3.02. The number of hydrogen-bond donors (Lipinski definition) is 0. The molecule has 1 aromatic heterocycles. The minimum atomic E-state index is 0.723. The lowest BCUT2D eigenvalue weighted by Crippen LogP contribution is -2.01. The van der Waals surface area contributed by atoms with E-state index in [0.717, 1.165) is 12.5 Å². The largest absolute Gasteiger partial charge is 0.272 e. The fraction of sp³-hybridized carbons (Fsp3) is 0.400. The van der Waals surface area contributed by atoms with Crippen LogP contribution in [0.1, 0.15) is 25.8 Å². The zero-order valence-electron chi connectivity index (χ0n) is 10.9. The lowest BCUT2D eigenvalue weighted by molar-refractivity contribution is 0.487. The Morgan fingerprint density at radius 3 is 2.71 bits per heavy atom. The first-order chi connectivity index (χ1) is 8.16. The van der Waals surface area contributed by atoms with Crippen molar-refractivity contribution in [1.29, 1.82) is 0 Å². The second-order valence-corrected chi connectivity index (χ2v) is 4.99. The summed E-state index contributed by atoms with van der Waals surface area (Å²) in [6, 6.07) is 8.44. The van der Waals surface area contributed by atoms with E-state index in [1.165, 1.54) is 23.1 Å². The Kier molecular flexibility index (Phi) is 3.62. The molecule has 0 bridgehead atoms. The molecule has 2 aromatic rings. The fourth-order valence-electron chi connectivity index (χ4n) is 1.91. The van der Waals surface area contributed by atoms with E-state index >= 15 is 0 Å². The van der Waals surface area contributed by atoms with Crippen molar-refractivity contribution in [3.8, 4) is 11.1 Å². The predicted octanol–water partition coefficient (Wildman–Crippen LogP) is 3.90. The van der Waals surface area contributed by atoms with Crippen LogP contribution in [0, 0.1) is 12.8 Å². The van der Waals surface area contributed by atoms with Gasteiger partial charge in [0.15, 0.2) is 0 Å². The van der Waals surface area contributed by atoms with Gasteiger partial charge in [0, 0.05) is 18.3 Å². The molecule has 0 radical (unpaired) electrons. The molecule has 17 heavy (non-hydrogen) atoms. The number of nitrogens with zero attached hydrogens (tertiary/aromatic N) is 2. The van der Waals surface area contributed by atoms with Gasteiger partial charge < -0.3 is 0 Å². The van der Waals surface area contributed by atoms with Gasteiger partial charge in [0.05, 0.1) is 6.20 Å². The van der Waals surface area contributed by atoms with E-state index in [1.807, 2.05) is 10.9 Å². The van der Waals surface area contributed by atoms with Gasteiger partial charge in [-0.15, -0.1) is 0 Å². The molecule has 0 amide bonds. The van der Waals surface area contributed by atoms with Gasteiger partial charge in [-0.3, -0.25) is 4.68 Å². The van der Waals surface area contributed by atoms with Gasteiger partial charge in [0.25, 0.3) is 0 Å². The van der Waals surface area contributed by atoms with Crippen molar-refractivity contribution < 1.29 is 0 Å². The Balaban J connectivity index is 2.16. The van der Waals surface area contributed by atoms with Crippen LogP contribution in [-0.4, -0.2) is 9.78 Å². The number of benzene rings is 1. The van der Waals surface area contributed by atoms with E-state index < -0.39 is 0 Å². The lowest BCUT2D eigenvalue weighted by Gasteiger charge is -2.04. The van der Waals surface area contributed by atoms with Gasteiger partial charge in [-0.1, -0.05) is 38.1 Å². The molecule has 90 valence electrons. The highest BCUT2D eigenvalue weighted by molar-refractivity contribution is 5.65. The lowest BCUT2D eigenvalue weighted by atomic mass is 10.0. The molecule has 0 aliphatic rings. The normalized spacial score (nSPS) is 11.1. The molecule has 0 saturated carbocycles. The zero-order chi connectivity index (χ0) is 12.3. The molecule has 0 aliphatic carbocycles. The van der Waals surface area contributed by atoms with Crippen LogP contribution in [0.25, 0.3) is 11.1 Å². The van der Waals surface area contributed by atoms with Crippen LogP contribution in [0.4, 0.5) is 0 Å². The first-order valence-corrected chi connectivity index (χ1v) is 6.25. The Labute approximate surface area is 103 Å². The monoisotopic (exact) mass is 228 g/mol. The van der Waals surface area contributed by atoms with Gasteiger partial charge in [0.2, 0.25) is 0 Å². The maximum Gasteiger partial charge on any atom is 0.0568 e. The smallest absolute Gasteiger partial charge is 0.0568 e. The van der Waals surface area contributed by atoms with Crippen LogP contribution < -0.4 is 0 Å². The molecular weight excluding hydrogens is 208 g/mol. The summed E-state index contributed by atoms with van der Waals surface area (Å²) in [4.78, 5) is 0. The van der Waals surface area contributed by atoms with Crippen molar-refractivity contribution >= 4 is 0 Å². The van der Waals surface area contributed by atoms with Crippen molar-refractivity contribution in [1.82, 2.24) is 9.78 Å². The third-order valence-corrected chi connectivity index (χ3v) is 3.02. The third kappa shape index (κ3) is 2.96. The molecule has 0 spiro atoms. The number of hydrogen-bond acceptors (Lipinski definition) is 1. The first kappa shape index (κ1) is 11.9. The molecular formula is C15H20N2. The summed E-state index contributed by atoms with van der Waals surface area (Å²) in [6.07, 6.45) is 5.28. The summed E-state index contributed by atoms with van der Waals surface area (Å²) in [5, 5.41) is 4.42. The standard InChI is InChI=1S/C15H20N2/c1-12(2)8-9-17-11-14(10-16-17)15-7-5-4-6-13(15)3/h4-7,10-12H,8-9H2,1-3H3. The predicted molar refractivity (Wildman–Crippen MR) is 71.9 cm³/mol. The molecule has 0 fully saturated rings. The van der Waals surface area contributed by atoms with Crippen molar-refractivity contribution in [3.05, 3.63) is 42.2 Å². The van der Waals surface area contributed by atoms with Crippen LogP contribution >= 0.6 is 0 Å². The molecule has 0 atom stereocenters. The first-order valence-electron chi connectivity index (χ1n) is 6.25. The van der Waals surface area contributed by atoms with E-state index in [0.29, 0.717) is 0 Å². The molecule has 0 unspecified atom stereocenters. The molecule has 2 nitrogen and oxygen atoms in total. The van der Waals surface area contributed by atoms with Crippen molar-refractivity contribution in [2.45, 2.75) is 33.7 Å². The Morgan fingerprint density at radius 1 is 1.24 bits per heavy atom. The van der Waals surface area contributed by atoms with Crippen molar-refractivity contribution in [2.24, 2.45) is 5.92 Å². The molecule has 0 saturated heterocycles. The molecule has 2 heteroatoms. The van der Waals surface area contributed by atoms with Crippen molar-refractivity contribution in [3.63, 3.8) is 0 Å². The highest BCUT2D eigenvalue weighted by atomic mass is 15.3. The van der Waals surface area contributed by atoms with Gasteiger partial charge >= 0.3 is 0 Å². The molecule has 0 aliphatic heterocycles. The minimum Gasteiger partial charge on any atom is -0.272 e. The summed E-state index contributed by atoms with van der Waals surface area (Å²) >= 11 is 0. The SMILES string of the molecule is Cc1ccccc1-c1cnn(CCC(C)C)c1. The van der Waals surface area contributed by atoms with Crippen LogP contribution in [0.3, 0.4) is 0 Å². The second kappa shape index (κ2) is 5.17. The molecule has 0 N–H and O–H groups in total. The van der Waals surface area contributed by atoms with E-state index in [-0.39, 0.29) is 0 Å². The number of aryl methyl sites for hydroxylation is 2. The van der Waals surface area contributed by atoms with Crippen molar-refractivity contribution in [2.75, 3.05) is 0 Å². The number of rotatable bonds is 4. The average molecular weight is 228 g/mol. The van der Waals surface area contributed by atoms with E-state index in [9.17, 15) is 0 Å². The van der Waals surface area contributed by atoms with E-state index in [1.54, 1.807) is 0 Å². The van der Waals surface area contributed by atoms with Gasteiger partial charge in [0.1, 0.15) is 0 Å². The highest BCUT2D eigenvalue weighted by Crippen LogP contribution is 2.22. The minimum absolute atomic E-state index is 0.723. The quantitative estimate of drug-likeness (QED) is 0.776. The Hall–Kier alpha value is -1.57. The summed E-state index contributed by atoms with van der Waals surface area (Å²) in [5.41, 5.74) is 3.80. The van der Waals surface area contributed by atoms with E-state index in [4.69, 9.17) is 0 Å². The number of aromatic nitrogens is 2. The fourth-order valence-corrected chi connectivity index (χ4v) is 1.91. The second-order valence-electron chi connectivity index (χ2n) is 4.99. The topological polar surface area (TPSA) is 17.8 Å². The van der Waals surface area contributed by atoms with Gasteiger partial charge in [-0.25, -0.2) is 0 Å². The van der Waals surface area contributed by atoms with E-state index in [2.05, 4.69) is 56.3 Å². The van der Waals surface area contributed by atoms with Gasteiger partial charge in [-0.2, -0.15) is 5.10 Å². The van der Waals surface area contributed by atoms with Crippen LogP contribution in [0.15, 0.2) is 36.7 Å². The summed E-state index contributed by atoms with van der Waals surface area (Å²) < 4.78 is 2.04. The molecule has 1 aromatic carbocycles. The summed E-state index contributed by atoms with van der Waals surface area (Å²) in [5.74, 6) is 0.723. The maximum atomic E-state index is 4.42. The Morgan fingerprint density at radius 2 is 2.00 bits per heavy atom. The average Bonchev–Trinajstić information content (AvgIpc) is 2.75. The van der Waals surface area contributed by atoms with Crippen LogP contribution in [-0.2, 0) is 6.54 Å². The summed E-state index contributed by atoms with van der Waals surface area (Å²) in [7, 11) is 0. The molecule has 1 heterocycles. The highest BCUT2D eigenvalue weighted by Gasteiger charge is 2.04. The maximum absolute atomic E-state index is 4.42.